The monoisotopic (exact) mass is 419 g/mol. The van der Waals surface area contributed by atoms with E-state index in [-0.39, 0.29) is 23.0 Å². The molecule has 1 aromatic carbocycles. The Kier molecular flexibility index (Phi) is 6.35. The van der Waals surface area contributed by atoms with Crippen LogP contribution in [-0.4, -0.2) is 41.8 Å². The predicted molar refractivity (Wildman–Crippen MR) is 110 cm³/mol. The molecule has 0 aliphatic carbocycles. The van der Waals surface area contributed by atoms with E-state index in [9.17, 15) is 18.0 Å². The molecular formula is C19H21N3O4S2. The summed E-state index contributed by atoms with van der Waals surface area (Å²) in [5, 5.41) is 1.54. The molecule has 0 unspecified atom stereocenters. The number of hydrogen-bond acceptors (Lipinski definition) is 6. The number of nitrogens with one attached hydrogen (secondary N) is 1. The van der Waals surface area contributed by atoms with Crippen LogP contribution in [0.3, 0.4) is 0 Å². The normalized spacial score (nSPS) is 17.5. The van der Waals surface area contributed by atoms with E-state index in [1.807, 2.05) is 13.0 Å². The van der Waals surface area contributed by atoms with Crippen LogP contribution < -0.4 is 10.5 Å². The van der Waals surface area contributed by atoms with Crippen molar-refractivity contribution in [2.45, 2.75) is 31.0 Å². The highest BCUT2D eigenvalue weighted by Gasteiger charge is 2.31. The molecule has 1 aliphatic heterocycles. The van der Waals surface area contributed by atoms with Crippen LogP contribution in [0, 0.1) is 0 Å². The van der Waals surface area contributed by atoms with Gasteiger partial charge in [-0.25, -0.2) is 13.4 Å². The van der Waals surface area contributed by atoms with Crippen molar-refractivity contribution in [3.8, 4) is 0 Å². The summed E-state index contributed by atoms with van der Waals surface area (Å²) in [4.78, 5) is 33.3. The number of para-hydroxylation sites is 1. The number of thioether (sulfide) groups is 1. The Morgan fingerprint density at radius 2 is 2.07 bits per heavy atom. The third-order valence-corrected chi connectivity index (χ3v) is 6.39. The maximum Gasteiger partial charge on any atom is 0.251 e. The number of aromatic amines is 1. The van der Waals surface area contributed by atoms with Crippen LogP contribution in [0.4, 0.5) is 5.69 Å². The minimum absolute atomic E-state index is 0.0256. The highest BCUT2D eigenvalue weighted by atomic mass is 32.2. The number of rotatable bonds is 7. The standard InChI is InChI=1S/C19H21N3O4S2/c1-2-6-14-11-17(23)21-19(20-14)27-12-18(24)22(15-7-4-3-5-8-15)16-9-10-28(25,26)13-16/h3-5,7-11,16H,2,6,12-13H2,1H3,(H,20,21,23)/t16-/m0/s1. The average molecular weight is 420 g/mol. The van der Waals surface area contributed by atoms with Crippen molar-refractivity contribution in [1.29, 1.82) is 0 Å². The maximum absolute atomic E-state index is 13.0. The van der Waals surface area contributed by atoms with Crippen molar-refractivity contribution in [3.63, 3.8) is 0 Å². The first-order chi connectivity index (χ1) is 13.4. The summed E-state index contributed by atoms with van der Waals surface area (Å²) < 4.78 is 23.7. The molecule has 1 aliphatic rings. The molecule has 0 spiro atoms. The number of amides is 1. The third-order valence-electron chi connectivity index (χ3n) is 4.16. The fraction of sp³-hybridized carbons (Fsp3) is 0.316. The Labute approximate surface area is 167 Å². The molecule has 0 saturated carbocycles. The van der Waals surface area contributed by atoms with E-state index < -0.39 is 15.9 Å². The van der Waals surface area contributed by atoms with Gasteiger partial charge in [0.2, 0.25) is 5.91 Å². The fourth-order valence-corrected chi connectivity index (χ4v) is 4.99. The number of anilines is 1. The first kappa shape index (κ1) is 20.3. The van der Waals surface area contributed by atoms with Crippen molar-refractivity contribution in [3.05, 3.63) is 63.9 Å². The van der Waals surface area contributed by atoms with E-state index in [1.165, 1.54) is 17.0 Å². The van der Waals surface area contributed by atoms with Crippen molar-refractivity contribution in [2.75, 3.05) is 16.4 Å². The topological polar surface area (TPSA) is 100 Å². The Bertz CT molecular complexity index is 1030. The van der Waals surface area contributed by atoms with E-state index in [2.05, 4.69) is 9.97 Å². The van der Waals surface area contributed by atoms with Gasteiger partial charge in [-0.3, -0.25) is 9.59 Å². The molecule has 1 amide bonds. The highest BCUT2D eigenvalue weighted by Crippen LogP contribution is 2.24. The minimum atomic E-state index is -3.31. The molecule has 0 bridgehead atoms. The summed E-state index contributed by atoms with van der Waals surface area (Å²) >= 11 is 1.13. The van der Waals surface area contributed by atoms with Crippen LogP contribution in [0.2, 0.25) is 0 Å². The number of carbonyl (C=O) groups is 1. The van der Waals surface area contributed by atoms with E-state index >= 15 is 0 Å². The molecule has 28 heavy (non-hydrogen) atoms. The zero-order valence-corrected chi connectivity index (χ0v) is 17.0. The van der Waals surface area contributed by atoms with Crippen LogP contribution in [0.15, 0.2) is 57.8 Å². The molecule has 0 fully saturated rings. The van der Waals surface area contributed by atoms with Gasteiger partial charge >= 0.3 is 0 Å². The molecular weight excluding hydrogens is 398 g/mol. The molecule has 148 valence electrons. The van der Waals surface area contributed by atoms with Crippen molar-refractivity contribution >= 4 is 33.2 Å². The number of hydrogen-bond donors (Lipinski definition) is 1. The van der Waals surface area contributed by atoms with E-state index in [4.69, 9.17) is 0 Å². The lowest BCUT2D eigenvalue weighted by atomic mass is 10.2. The summed E-state index contributed by atoms with van der Waals surface area (Å²) in [6.45, 7) is 2.00. The van der Waals surface area contributed by atoms with E-state index in [0.29, 0.717) is 23.0 Å². The first-order valence-electron chi connectivity index (χ1n) is 8.89. The minimum Gasteiger partial charge on any atom is -0.304 e. The van der Waals surface area contributed by atoms with Gasteiger partial charge in [0.05, 0.1) is 17.5 Å². The van der Waals surface area contributed by atoms with Crippen LogP contribution >= 0.6 is 11.8 Å². The molecule has 0 radical (unpaired) electrons. The summed E-state index contributed by atoms with van der Waals surface area (Å²) in [6, 6.07) is 9.86. The molecule has 1 atom stereocenters. The number of aromatic nitrogens is 2. The Hall–Kier alpha value is -2.39. The van der Waals surface area contributed by atoms with Gasteiger partial charge in [0.25, 0.3) is 5.56 Å². The number of H-pyrrole nitrogens is 1. The lowest BCUT2D eigenvalue weighted by molar-refractivity contribution is -0.116. The Morgan fingerprint density at radius 3 is 2.71 bits per heavy atom. The van der Waals surface area contributed by atoms with Crippen LogP contribution in [0.25, 0.3) is 0 Å². The predicted octanol–water partition coefficient (Wildman–Crippen LogP) is 2.16. The summed E-state index contributed by atoms with van der Waals surface area (Å²) in [5.41, 5.74) is 1.06. The third kappa shape index (κ3) is 5.11. The van der Waals surface area contributed by atoms with Crippen molar-refractivity contribution in [2.24, 2.45) is 0 Å². The van der Waals surface area contributed by atoms with Gasteiger partial charge in [0.15, 0.2) is 15.0 Å². The second-order valence-electron chi connectivity index (χ2n) is 6.41. The molecule has 0 saturated heterocycles. The zero-order chi connectivity index (χ0) is 20.1. The van der Waals surface area contributed by atoms with Crippen LogP contribution in [-0.2, 0) is 21.1 Å². The largest absolute Gasteiger partial charge is 0.304 e. The molecule has 7 nitrogen and oxygen atoms in total. The Balaban J connectivity index is 1.79. The highest BCUT2D eigenvalue weighted by molar-refractivity contribution is 7.99. The van der Waals surface area contributed by atoms with Gasteiger partial charge in [0, 0.05) is 22.9 Å². The quantitative estimate of drug-likeness (QED) is 0.545. The summed E-state index contributed by atoms with van der Waals surface area (Å²) in [5.74, 6) is -0.372. The van der Waals surface area contributed by atoms with Gasteiger partial charge in [-0.2, -0.15) is 0 Å². The van der Waals surface area contributed by atoms with Crippen LogP contribution in [0.5, 0.6) is 0 Å². The molecule has 2 heterocycles. The van der Waals surface area contributed by atoms with Crippen molar-refractivity contribution in [1.82, 2.24) is 9.97 Å². The van der Waals surface area contributed by atoms with Gasteiger partial charge in [-0.1, -0.05) is 43.3 Å². The number of benzene rings is 1. The van der Waals surface area contributed by atoms with Gasteiger partial charge in [-0.05, 0) is 24.6 Å². The Morgan fingerprint density at radius 1 is 1.32 bits per heavy atom. The SMILES string of the molecule is CCCc1cc(=O)[nH]c(SCC(=O)N(c2ccccc2)[C@H]2C=CS(=O)(=O)C2)n1. The fourth-order valence-electron chi connectivity index (χ4n) is 2.96. The number of aryl methyl sites for hydroxylation is 1. The molecule has 9 heteroatoms. The second-order valence-corrected chi connectivity index (χ2v) is 9.30. The molecule has 1 N–H and O–H groups in total. The molecule has 3 rings (SSSR count). The summed E-state index contributed by atoms with van der Waals surface area (Å²) in [6.07, 6.45) is 3.09. The van der Waals surface area contributed by atoms with E-state index in [0.717, 1.165) is 23.6 Å². The van der Waals surface area contributed by atoms with Gasteiger partial charge in [-0.15, -0.1) is 0 Å². The average Bonchev–Trinajstić information content (AvgIpc) is 3.00. The van der Waals surface area contributed by atoms with E-state index in [1.54, 1.807) is 24.3 Å². The lowest BCUT2D eigenvalue weighted by Gasteiger charge is -2.27. The zero-order valence-electron chi connectivity index (χ0n) is 15.4. The summed E-state index contributed by atoms with van der Waals surface area (Å²) in [7, 11) is -3.31. The van der Waals surface area contributed by atoms with Gasteiger partial charge in [0.1, 0.15) is 0 Å². The number of nitrogens with zero attached hydrogens (tertiary/aromatic N) is 2. The van der Waals surface area contributed by atoms with Gasteiger partial charge < -0.3 is 9.88 Å². The van der Waals surface area contributed by atoms with Crippen LogP contribution in [0.1, 0.15) is 19.0 Å². The number of sulfone groups is 1. The second kappa shape index (κ2) is 8.74. The smallest absolute Gasteiger partial charge is 0.251 e. The van der Waals surface area contributed by atoms with Crippen molar-refractivity contribution < 1.29 is 13.2 Å². The molecule has 2 aromatic rings. The molecule has 1 aromatic heterocycles. The maximum atomic E-state index is 13.0. The first-order valence-corrected chi connectivity index (χ1v) is 11.6. The number of carbonyl (C=O) groups excluding carboxylic acids is 1. The lowest BCUT2D eigenvalue weighted by Crippen LogP contribution is -2.42.